The predicted molar refractivity (Wildman–Crippen MR) is 114 cm³/mol. The van der Waals surface area contributed by atoms with Crippen molar-refractivity contribution in [2.75, 3.05) is 36.5 Å². The summed E-state index contributed by atoms with van der Waals surface area (Å²) >= 11 is 5.80. The highest BCUT2D eigenvalue weighted by Crippen LogP contribution is 2.27. The van der Waals surface area contributed by atoms with Gasteiger partial charge in [0.25, 0.3) is 11.1 Å². The second-order valence-electron chi connectivity index (χ2n) is 7.18. The van der Waals surface area contributed by atoms with E-state index in [0.29, 0.717) is 43.3 Å². The summed E-state index contributed by atoms with van der Waals surface area (Å²) in [6.07, 6.45) is 0. The molecule has 158 valence electrons. The Bertz CT molecular complexity index is 1220. The lowest BCUT2D eigenvalue weighted by Crippen LogP contribution is -2.40. The molecule has 1 aliphatic rings. The number of hydrogen-bond donors (Lipinski definition) is 2. The quantitative estimate of drug-likeness (QED) is 0.614. The van der Waals surface area contributed by atoms with Crippen LogP contribution < -0.4 is 21.3 Å². The lowest BCUT2D eigenvalue weighted by atomic mass is 10.0. The van der Waals surface area contributed by atoms with Crippen LogP contribution in [-0.2, 0) is 11.8 Å². The Morgan fingerprint density at radius 1 is 1.27 bits per heavy atom. The molecule has 2 aromatic heterocycles. The smallest absolute Gasteiger partial charge is 0.272 e. The van der Waals surface area contributed by atoms with Crippen molar-refractivity contribution in [1.29, 1.82) is 0 Å². The Balaban J connectivity index is 1.83. The summed E-state index contributed by atoms with van der Waals surface area (Å²) in [7, 11) is 1.62. The number of aromatic amines is 1. The van der Waals surface area contributed by atoms with Crippen molar-refractivity contribution < 1.29 is 9.13 Å². The van der Waals surface area contributed by atoms with E-state index in [1.165, 1.54) is 16.7 Å². The molecule has 0 unspecified atom stereocenters. The molecule has 1 atom stereocenters. The molecule has 2 N–H and O–H groups in total. The minimum Gasteiger partial charge on any atom is -0.378 e. The molecule has 1 saturated heterocycles. The molecule has 0 amide bonds. The van der Waals surface area contributed by atoms with Gasteiger partial charge >= 0.3 is 0 Å². The van der Waals surface area contributed by atoms with Crippen LogP contribution in [0.2, 0.25) is 5.15 Å². The summed E-state index contributed by atoms with van der Waals surface area (Å²) in [6.45, 7) is 4.07. The topological polar surface area (TPSA) is 92.2 Å². The number of morpholine rings is 1. The van der Waals surface area contributed by atoms with Crippen molar-refractivity contribution in [2.24, 2.45) is 7.05 Å². The standard InChI is InChI=1S/C20H21ClFN5O3/c1-11(23-15-3-4-16(21)24-18(15)28)13-9-12(22)10-14-17(13)25-20(26(2)19(14)29)27-5-7-30-8-6-27/h3-4,9-11,23H,5-8H2,1-2H3,(H,24,28)/t11-/m1/s1. The van der Waals surface area contributed by atoms with Gasteiger partial charge in [-0.3, -0.25) is 14.2 Å². The Hall–Kier alpha value is -2.91. The number of benzene rings is 1. The first-order valence-corrected chi connectivity index (χ1v) is 9.91. The molecule has 1 aromatic carbocycles. The van der Waals surface area contributed by atoms with Gasteiger partial charge in [0.2, 0.25) is 5.95 Å². The fourth-order valence-electron chi connectivity index (χ4n) is 3.61. The summed E-state index contributed by atoms with van der Waals surface area (Å²) in [5.74, 6) is -0.0469. The Labute approximate surface area is 176 Å². The van der Waals surface area contributed by atoms with Crippen molar-refractivity contribution in [2.45, 2.75) is 13.0 Å². The number of H-pyrrole nitrogens is 1. The lowest BCUT2D eigenvalue weighted by molar-refractivity contribution is 0.121. The van der Waals surface area contributed by atoms with Crippen LogP contribution in [0.3, 0.4) is 0 Å². The maximum absolute atomic E-state index is 14.4. The van der Waals surface area contributed by atoms with Gasteiger partial charge in [-0.25, -0.2) is 9.37 Å². The molecule has 1 fully saturated rings. The van der Waals surface area contributed by atoms with Crippen LogP contribution in [0.4, 0.5) is 16.0 Å². The molecule has 10 heteroatoms. The van der Waals surface area contributed by atoms with Gasteiger partial charge in [0.15, 0.2) is 0 Å². The number of anilines is 2. The van der Waals surface area contributed by atoms with Crippen molar-refractivity contribution in [3.05, 3.63) is 61.5 Å². The summed E-state index contributed by atoms with van der Waals surface area (Å²) < 4.78 is 21.2. The Morgan fingerprint density at radius 3 is 2.70 bits per heavy atom. The number of nitrogens with zero attached hydrogens (tertiary/aromatic N) is 3. The van der Waals surface area contributed by atoms with Gasteiger partial charge in [-0.15, -0.1) is 0 Å². The number of ether oxygens (including phenoxy) is 1. The van der Waals surface area contributed by atoms with Crippen LogP contribution in [-0.4, -0.2) is 40.8 Å². The van der Waals surface area contributed by atoms with Crippen LogP contribution >= 0.6 is 11.6 Å². The van der Waals surface area contributed by atoms with Crippen LogP contribution in [0.25, 0.3) is 10.9 Å². The number of halogens is 2. The molecular weight excluding hydrogens is 413 g/mol. The van der Waals surface area contributed by atoms with E-state index < -0.39 is 17.4 Å². The number of rotatable bonds is 4. The maximum Gasteiger partial charge on any atom is 0.272 e. The zero-order valence-corrected chi connectivity index (χ0v) is 17.3. The molecule has 30 heavy (non-hydrogen) atoms. The third-order valence-corrected chi connectivity index (χ3v) is 5.38. The highest BCUT2D eigenvalue weighted by Gasteiger charge is 2.21. The molecule has 0 radical (unpaired) electrons. The van der Waals surface area contributed by atoms with Crippen molar-refractivity contribution >= 4 is 34.1 Å². The van der Waals surface area contributed by atoms with Crippen LogP contribution in [0.5, 0.6) is 0 Å². The molecular formula is C20H21ClFN5O3. The lowest BCUT2D eigenvalue weighted by Gasteiger charge is -2.29. The molecule has 3 heterocycles. The monoisotopic (exact) mass is 433 g/mol. The summed E-state index contributed by atoms with van der Waals surface area (Å²) in [4.78, 5) is 34.3. The summed E-state index contributed by atoms with van der Waals surface area (Å²) in [6, 6.07) is 5.12. The van der Waals surface area contributed by atoms with Crippen LogP contribution in [0, 0.1) is 5.82 Å². The molecule has 0 spiro atoms. The number of fused-ring (bicyclic) bond motifs is 1. The molecule has 1 aliphatic heterocycles. The average Bonchev–Trinajstić information content (AvgIpc) is 2.73. The Morgan fingerprint density at radius 2 is 2.00 bits per heavy atom. The van der Waals surface area contributed by atoms with Crippen molar-refractivity contribution in [3.8, 4) is 0 Å². The second-order valence-corrected chi connectivity index (χ2v) is 7.59. The van der Waals surface area contributed by atoms with Crippen LogP contribution in [0.15, 0.2) is 33.9 Å². The molecule has 0 aliphatic carbocycles. The van der Waals surface area contributed by atoms with E-state index in [1.807, 2.05) is 4.90 Å². The minimum absolute atomic E-state index is 0.183. The van der Waals surface area contributed by atoms with Gasteiger partial charge in [-0.05, 0) is 31.2 Å². The van der Waals surface area contributed by atoms with E-state index in [9.17, 15) is 14.0 Å². The maximum atomic E-state index is 14.4. The third-order valence-electron chi connectivity index (χ3n) is 5.16. The number of nitrogens with one attached hydrogen (secondary N) is 2. The first kappa shape index (κ1) is 20.4. The average molecular weight is 434 g/mol. The van der Waals surface area contributed by atoms with Crippen molar-refractivity contribution in [1.82, 2.24) is 14.5 Å². The van der Waals surface area contributed by atoms with E-state index in [4.69, 9.17) is 21.3 Å². The first-order valence-electron chi connectivity index (χ1n) is 9.53. The minimum atomic E-state index is -0.547. The Kier molecular flexibility index (Phi) is 5.48. The fourth-order valence-corrected chi connectivity index (χ4v) is 3.75. The third kappa shape index (κ3) is 3.78. The zero-order valence-electron chi connectivity index (χ0n) is 16.5. The van der Waals surface area contributed by atoms with E-state index >= 15 is 0 Å². The summed E-state index contributed by atoms with van der Waals surface area (Å²) in [5, 5.41) is 3.46. The van der Waals surface area contributed by atoms with Gasteiger partial charge in [0.05, 0.1) is 30.2 Å². The van der Waals surface area contributed by atoms with E-state index in [-0.39, 0.29) is 21.8 Å². The van der Waals surface area contributed by atoms with Gasteiger partial charge in [-0.1, -0.05) is 11.6 Å². The van der Waals surface area contributed by atoms with Gasteiger partial charge in [0.1, 0.15) is 16.7 Å². The predicted octanol–water partition coefficient (Wildman–Crippen LogP) is 2.42. The highest BCUT2D eigenvalue weighted by molar-refractivity contribution is 6.29. The first-order chi connectivity index (χ1) is 14.3. The normalized spacial score (nSPS) is 15.4. The number of pyridine rings is 1. The van der Waals surface area contributed by atoms with Crippen molar-refractivity contribution in [3.63, 3.8) is 0 Å². The van der Waals surface area contributed by atoms with E-state index in [0.717, 1.165) is 0 Å². The highest BCUT2D eigenvalue weighted by atomic mass is 35.5. The second kappa shape index (κ2) is 8.08. The van der Waals surface area contributed by atoms with E-state index in [1.54, 1.807) is 26.1 Å². The molecule has 3 aromatic rings. The van der Waals surface area contributed by atoms with Crippen LogP contribution in [0.1, 0.15) is 18.5 Å². The molecule has 8 nitrogen and oxygen atoms in total. The van der Waals surface area contributed by atoms with Gasteiger partial charge in [0, 0.05) is 25.7 Å². The van der Waals surface area contributed by atoms with Gasteiger partial charge < -0.3 is 19.9 Å². The molecule has 4 rings (SSSR count). The molecule has 0 saturated carbocycles. The van der Waals surface area contributed by atoms with E-state index in [2.05, 4.69) is 10.3 Å². The SMILES string of the molecule is C[C@@H](Nc1ccc(Cl)[nH]c1=O)c1cc(F)cc2c(=O)n(C)c(N3CCOCC3)nc12. The largest absolute Gasteiger partial charge is 0.378 e. The van der Waals surface area contributed by atoms with Gasteiger partial charge in [-0.2, -0.15) is 0 Å². The molecule has 0 bridgehead atoms. The zero-order chi connectivity index (χ0) is 21.4. The number of hydrogen-bond acceptors (Lipinski definition) is 6. The summed E-state index contributed by atoms with van der Waals surface area (Å²) in [5.41, 5.74) is 0.422. The fraction of sp³-hybridized carbons (Fsp3) is 0.350. The number of aromatic nitrogens is 3.